The van der Waals surface area contributed by atoms with E-state index in [0.29, 0.717) is 0 Å². The van der Waals surface area contributed by atoms with Crippen molar-refractivity contribution in [1.82, 2.24) is 5.43 Å². The Labute approximate surface area is 166 Å². The van der Waals surface area contributed by atoms with Crippen molar-refractivity contribution >= 4 is 52.4 Å². The fraction of sp³-hybridized carbons (Fsp3) is 0.150. The second-order valence-corrected chi connectivity index (χ2v) is 6.84. The Morgan fingerprint density at radius 1 is 1.08 bits per heavy atom. The highest BCUT2D eigenvalue weighted by molar-refractivity contribution is 14.1. The summed E-state index contributed by atoms with van der Waals surface area (Å²) in [6.45, 7) is 1.93. The molecule has 0 unspecified atom stereocenters. The number of aryl methyl sites for hydroxylation is 1. The van der Waals surface area contributed by atoms with E-state index in [0.717, 1.165) is 20.4 Å². The molecule has 5 nitrogen and oxygen atoms in total. The molecule has 0 atom stereocenters. The van der Waals surface area contributed by atoms with Crippen LogP contribution in [-0.4, -0.2) is 18.0 Å². The van der Waals surface area contributed by atoms with Gasteiger partial charge in [-0.2, -0.15) is 5.10 Å². The van der Waals surface area contributed by atoms with E-state index in [9.17, 15) is 9.59 Å². The van der Waals surface area contributed by atoms with Crippen molar-refractivity contribution in [3.05, 3.63) is 69.3 Å². The molecule has 0 aliphatic carbocycles. The van der Waals surface area contributed by atoms with Crippen LogP contribution < -0.4 is 10.7 Å². The van der Waals surface area contributed by atoms with E-state index in [1.165, 1.54) is 6.21 Å². The summed E-state index contributed by atoms with van der Waals surface area (Å²) < 4.78 is 1.11. The van der Waals surface area contributed by atoms with Gasteiger partial charge in [-0.25, -0.2) is 5.43 Å². The van der Waals surface area contributed by atoms with Crippen LogP contribution in [0.4, 0.5) is 5.69 Å². The number of halogens is 1. The first-order valence-electron chi connectivity index (χ1n) is 8.14. The first-order valence-corrected chi connectivity index (χ1v) is 9.22. The Kier molecular flexibility index (Phi) is 8.01. The minimum absolute atomic E-state index is 0.0784. The lowest BCUT2D eigenvalue weighted by atomic mass is 10.2. The van der Waals surface area contributed by atoms with Crippen molar-refractivity contribution in [3.63, 3.8) is 0 Å². The molecule has 0 heterocycles. The van der Waals surface area contributed by atoms with Gasteiger partial charge in [-0.1, -0.05) is 36.4 Å². The van der Waals surface area contributed by atoms with Gasteiger partial charge in [0.2, 0.25) is 11.8 Å². The van der Waals surface area contributed by atoms with E-state index in [1.807, 2.05) is 61.5 Å². The van der Waals surface area contributed by atoms with Gasteiger partial charge in [0, 0.05) is 28.3 Å². The van der Waals surface area contributed by atoms with Gasteiger partial charge in [0.1, 0.15) is 0 Å². The summed E-state index contributed by atoms with van der Waals surface area (Å²) in [5.74, 6) is -0.499. The molecule has 0 aromatic heterocycles. The molecule has 2 N–H and O–H groups in total. The summed E-state index contributed by atoms with van der Waals surface area (Å²) in [7, 11) is 0. The molecule has 0 spiro atoms. The minimum Gasteiger partial charge on any atom is -0.326 e. The number of hydrogen-bond acceptors (Lipinski definition) is 3. The normalized spacial score (nSPS) is 11.0. The summed E-state index contributed by atoms with van der Waals surface area (Å²) in [5, 5.41) is 6.64. The smallest absolute Gasteiger partial charge is 0.240 e. The molecule has 0 aliphatic heterocycles. The predicted octanol–water partition coefficient (Wildman–Crippen LogP) is 4.13. The lowest BCUT2D eigenvalue weighted by molar-refractivity contribution is -0.124. The molecule has 26 heavy (non-hydrogen) atoms. The maximum Gasteiger partial charge on any atom is 0.240 e. The number of hydrazone groups is 1. The molecule has 2 aromatic carbocycles. The summed E-state index contributed by atoms with van der Waals surface area (Å²) in [5.41, 5.74) is 5.21. The first-order chi connectivity index (χ1) is 12.5. The summed E-state index contributed by atoms with van der Waals surface area (Å²) in [4.78, 5) is 23.7. The maximum absolute atomic E-state index is 11.9. The quantitative estimate of drug-likeness (QED) is 0.370. The Balaban J connectivity index is 1.70. The van der Waals surface area contributed by atoms with Gasteiger partial charge in [-0.05, 0) is 64.9 Å². The van der Waals surface area contributed by atoms with Crippen LogP contribution in [0.25, 0.3) is 6.08 Å². The third-order valence-corrected chi connectivity index (χ3v) is 4.15. The van der Waals surface area contributed by atoms with Crippen LogP contribution in [0.15, 0.2) is 59.7 Å². The highest BCUT2D eigenvalue weighted by Crippen LogP contribution is 2.17. The highest BCUT2D eigenvalue weighted by atomic mass is 127. The van der Waals surface area contributed by atoms with Crippen LogP contribution in [0, 0.1) is 10.5 Å². The average Bonchev–Trinajstić information content (AvgIpc) is 2.63. The Morgan fingerprint density at radius 3 is 2.54 bits per heavy atom. The zero-order valence-electron chi connectivity index (χ0n) is 14.4. The number of benzene rings is 2. The molecule has 0 fully saturated rings. The molecule has 0 saturated carbocycles. The molecule has 0 bridgehead atoms. The van der Waals surface area contributed by atoms with E-state index in [1.54, 1.807) is 6.08 Å². The van der Waals surface area contributed by atoms with E-state index >= 15 is 0 Å². The minimum atomic E-state index is -0.302. The third-order valence-electron chi connectivity index (χ3n) is 3.48. The van der Waals surface area contributed by atoms with Crippen molar-refractivity contribution in [2.75, 3.05) is 5.32 Å². The van der Waals surface area contributed by atoms with Crippen LogP contribution in [-0.2, 0) is 9.59 Å². The Morgan fingerprint density at radius 2 is 1.81 bits per heavy atom. The summed E-state index contributed by atoms with van der Waals surface area (Å²) in [6, 6.07) is 15.5. The Bertz CT molecular complexity index is 817. The van der Waals surface area contributed by atoms with Crippen LogP contribution >= 0.6 is 22.6 Å². The summed E-state index contributed by atoms with van der Waals surface area (Å²) >= 11 is 2.22. The number of carbonyl (C=O) groups is 2. The maximum atomic E-state index is 11.9. The van der Waals surface area contributed by atoms with Gasteiger partial charge in [0.15, 0.2) is 0 Å². The van der Waals surface area contributed by atoms with E-state index in [2.05, 4.69) is 38.4 Å². The van der Waals surface area contributed by atoms with Crippen molar-refractivity contribution in [2.24, 2.45) is 5.10 Å². The summed E-state index contributed by atoms with van der Waals surface area (Å²) in [6.07, 6.45) is 5.30. The molecule has 0 aliphatic rings. The molecule has 6 heteroatoms. The van der Waals surface area contributed by atoms with E-state index < -0.39 is 0 Å². The topological polar surface area (TPSA) is 70.6 Å². The zero-order chi connectivity index (χ0) is 18.8. The molecule has 0 radical (unpaired) electrons. The number of rotatable bonds is 7. The lowest BCUT2D eigenvalue weighted by Gasteiger charge is -2.08. The molecule has 2 amide bonds. The van der Waals surface area contributed by atoms with Crippen LogP contribution in [0.1, 0.15) is 24.0 Å². The fourth-order valence-electron chi connectivity index (χ4n) is 2.13. The van der Waals surface area contributed by atoms with Gasteiger partial charge in [0.05, 0.1) is 0 Å². The van der Waals surface area contributed by atoms with Crippen molar-refractivity contribution < 1.29 is 9.59 Å². The number of nitrogens with zero attached hydrogens (tertiary/aromatic N) is 1. The average molecular weight is 461 g/mol. The fourth-order valence-corrected chi connectivity index (χ4v) is 2.78. The number of carbonyl (C=O) groups excluding carboxylic acids is 2. The van der Waals surface area contributed by atoms with Crippen LogP contribution in [0.5, 0.6) is 0 Å². The van der Waals surface area contributed by atoms with Crippen molar-refractivity contribution in [2.45, 2.75) is 19.8 Å². The SMILES string of the molecule is Cc1cc(I)ccc1NC(=O)CCC(=O)NN=CC=Cc1ccccc1. The second kappa shape index (κ2) is 10.5. The molecular formula is C20H20IN3O2. The second-order valence-electron chi connectivity index (χ2n) is 5.59. The van der Waals surface area contributed by atoms with Gasteiger partial charge in [-0.15, -0.1) is 0 Å². The van der Waals surface area contributed by atoms with Gasteiger partial charge >= 0.3 is 0 Å². The number of allylic oxidation sites excluding steroid dienone is 1. The lowest BCUT2D eigenvalue weighted by Crippen LogP contribution is -2.20. The standard InChI is InChI=1S/C20H20IN3O2/c1-15-14-17(21)9-10-18(15)23-19(25)11-12-20(26)24-22-13-5-8-16-6-3-2-4-7-16/h2-10,13-14H,11-12H2,1H3,(H,23,25)(H,24,26). The van der Waals surface area contributed by atoms with Crippen LogP contribution in [0.2, 0.25) is 0 Å². The number of amides is 2. The third kappa shape index (κ3) is 7.18. The molecular weight excluding hydrogens is 441 g/mol. The van der Waals surface area contributed by atoms with Gasteiger partial charge < -0.3 is 5.32 Å². The predicted molar refractivity (Wildman–Crippen MR) is 114 cm³/mol. The molecule has 2 rings (SSSR count). The van der Waals surface area contributed by atoms with Crippen LogP contribution in [0.3, 0.4) is 0 Å². The zero-order valence-corrected chi connectivity index (χ0v) is 16.6. The number of hydrogen-bond donors (Lipinski definition) is 2. The van der Waals surface area contributed by atoms with E-state index in [-0.39, 0.29) is 24.7 Å². The molecule has 0 saturated heterocycles. The number of nitrogens with one attached hydrogen (secondary N) is 2. The van der Waals surface area contributed by atoms with Gasteiger partial charge in [-0.3, -0.25) is 9.59 Å². The molecule has 2 aromatic rings. The van der Waals surface area contributed by atoms with Gasteiger partial charge in [0.25, 0.3) is 0 Å². The first kappa shape index (κ1) is 19.8. The Hall–Kier alpha value is -2.48. The molecule has 134 valence electrons. The monoisotopic (exact) mass is 461 g/mol. The largest absolute Gasteiger partial charge is 0.326 e. The highest BCUT2D eigenvalue weighted by Gasteiger charge is 2.08. The van der Waals surface area contributed by atoms with Crippen molar-refractivity contribution in [1.29, 1.82) is 0 Å². The van der Waals surface area contributed by atoms with Crippen molar-refractivity contribution in [3.8, 4) is 0 Å². The number of anilines is 1. The van der Waals surface area contributed by atoms with E-state index in [4.69, 9.17) is 0 Å².